The maximum absolute atomic E-state index is 13.8. The number of ether oxygens (including phenoxy) is 1. The van der Waals surface area contributed by atoms with E-state index in [1.54, 1.807) is 53.2 Å². The molecule has 2 aromatic carbocycles. The fourth-order valence-corrected chi connectivity index (χ4v) is 5.00. The number of aromatic nitrogens is 2. The summed E-state index contributed by atoms with van der Waals surface area (Å²) in [6.07, 6.45) is 0. The van der Waals surface area contributed by atoms with Crippen molar-refractivity contribution >= 4 is 23.2 Å². The molecule has 1 aliphatic rings. The van der Waals surface area contributed by atoms with Gasteiger partial charge in [-0.1, -0.05) is 30.3 Å². The van der Waals surface area contributed by atoms with Crippen LogP contribution in [0.4, 0.5) is 4.39 Å². The number of carbonyl (C=O) groups excluding carboxylic acids is 2. The number of rotatable bonds is 7. The molecule has 2 aromatic heterocycles. The van der Waals surface area contributed by atoms with Gasteiger partial charge in [0.15, 0.2) is 0 Å². The van der Waals surface area contributed by atoms with Crippen molar-refractivity contribution in [2.45, 2.75) is 32.1 Å². The van der Waals surface area contributed by atoms with Crippen LogP contribution in [0.2, 0.25) is 0 Å². The fourth-order valence-electron chi connectivity index (χ4n) is 4.32. The number of benzene rings is 2. The lowest BCUT2D eigenvalue weighted by Gasteiger charge is -2.43. The number of thiophene rings is 1. The molecule has 1 N–H and O–H groups in total. The van der Waals surface area contributed by atoms with Crippen molar-refractivity contribution in [3.63, 3.8) is 0 Å². The Morgan fingerprint density at radius 1 is 1.14 bits per heavy atom. The van der Waals surface area contributed by atoms with E-state index in [4.69, 9.17) is 4.74 Å². The van der Waals surface area contributed by atoms with Gasteiger partial charge in [-0.25, -0.2) is 4.39 Å². The largest absolute Gasteiger partial charge is 0.497 e. The molecule has 3 heterocycles. The van der Waals surface area contributed by atoms with Crippen LogP contribution in [-0.4, -0.2) is 39.1 Å². The van der Waals surface area contributed by atoms with Crippen LogP contribution in [0.5, 0.6) is 5.75 Å². The lowest BCUT2D eigenvalue weighted by molar-refractivity contribution is -0.133. The Morgan fingerprint density at radius 3 is 2.53 bits per heavy atom. The first kappa shape index (κ1) is 23.7. The monoisotopic (exact) mass is 504 g/mol. The van der Waals surface area contributed by atoms with Crippen molar-refractivity contribution in [3.8, 4) is 16.3 Å². The molecule has 7 nitrogen and oxygen atoms in total. The predicted molar refractivity (Wildman–Crippen MR) is 135 cm³/mol. The van der Waals surface area contributed by atoms with Crippen molar-refractivity contribution in [2.24, 2.45) is 0 Å². The minimum absolute atomic E-state index is 0.199. The zero-order valence-corrected chi connectivity index (χ0v) is 20.7. The minimum atomic E-state index is -1.21. The molecule has 0 aliphatic carbocycles. The number of carbonyl (C=O) groups is 2. The normalized spacial score (nSPS) is 17.1. The minimum Gasteiger partial charge on any atom is -0.497 e. The van der Waals surface area contributed by atoms with Crippen LogP contribution in [0.1, 0.15) is 28.5 Å². The summed E-state index contributed by atoms with van der Waals surface area (Å²) in [5.41, 5.74) is 1.57. The summed E-state index contributed by atoms with van der Waals surface area (Å²) in [7, 11) is 1.60. The molecule has 0 saturated carbocycles. The van der Waals surface area contributed by atoms with Crippen LogP contribution in [0, 0.1) is 5.82 Å². The van der Waals surface area contributed by atoms with Crippen LogP contribution < -0.4 is 10.1 Å². The molecule has 0 spiro atoms. The maximum Gasteiger partial charge on any atom is 0.273 e. The number of fused-ring (bicyclic) bond motifs is 1. The number of nitrogens with zero attached hydrogens (tertiary/aromatic N) is 3. The summed E-state index contributed by atoms with van der Waals surface area (Å²) in [6.45, 7) is 2.41. The van der Waals surface area contributed by atoms with Crippen molar-refractivity contribution in [2.75, 3.05) is 7.11 Å². The highest BCUT2D eigenvalue weighted by Crippen LogP contribution is 2.33. The van der Waals surface area contributed by atoms with E-state index in [0.717, 1.165) is 16.0 Å². The predicted octanol–water partition coefficient (Wildman–Crippen LogP) is 4.49. The van der Waals surface area contributed by atoms with E-state index in [-0.39, 0.29) is 37.3 Å². The lowest BCUT2D eigenvalue weighted by Crippen LogP contribution is -2.63. The summed E-state index contributed by atoms with van der Waals surface area (Å²) in [6, 6.07) is 19.0. The van der Waals surface area contributed by atoms with E-state index in [9.17, 15) is 14.0 Å². The molecule has 5 rings (SSSR count). The second-order valence-corrected chi connectivity index (χ2v) is 9.82. The van der Waals surface area contributed by atoms with Gasteiger partial charge in [0.1, 0.15) is 28.5 Å². The standard InChI is InChI=1S/C27H25FN4O3S/c1-27(26(34)29-15-18-5-9-20(28)10-6-18)17-32-23(14-22(30-32)24-4-3-13-36-24)25(33)31(27)16-19-7-11-21(35-2)12-8-19/h3-14H,15-17H2,1-2H3,(H,29,34)/t27-/m1/s1. The second kappa shape index (κ2) is 9.58. The van der Waals surface area contributed by atoms with Crippen molar-refractivity contribution in [1.82, 2.24) is 20.0 Å². The van der Waals surface area contributed by atoms with E-state index in [1.807, 2.05) is 41.8 Å². The fraction of sp³-hybridized carbons (Fsp3) is 0.222. The average Bonchev–Trinajstić information content (AvgIpc) is 3.57. The summed E-state index contributed by atoms with van der Waals surface area (Å²) in [5.74, 6) is -0.213. The number of hydrogen-bond acceptors (Lipinski definition) is 5. The van der Waals surface area contributed by atoms with Gasteiger partial charge < -0.3 is 15.0 Å². The van der Waals surface area contributed by atoms with Crippen molar-refractivity contribution in [3.05, 3.63) is 94.7 Å². The van der Waals surface area contributed by atoms with Crippen LogP contribution >= 0.6 is 11.3 Å². The number of nitrogens with one attached hydrogen (secondary N) is 1. The van der Waals surface area contributed by atoms with E-state index < -0.39 is 5.54 Å². The first-order valence-corrected chi connectivity index (χ1v) is 12.3. The molecule has 0 bridgehead atoms. The topological polar surface area (TPSA) is 76.5 Å². The van der Waals surface area contributed by atoms with Gasteiger partial charge in [0.25, 0.3) is 5.91 Å². The highest BCUT2D eigenvalue weighted by atomic mass is 32.1. The van der Waals surface area contributed by atoms with Gasteiger partial charge in [0.2, 0.25) is 5.91 Å². The molecule has 0 radical (unpaired) electrons. The molecule has 0 saturated heterocycles. The van der Waals surface area contributed by atoms with Crippen LogP contribution in [0.15, 0.2) is 72.1 Å². The Morgan fingerprint density at radius 2 is 1.86 bits per heavy atom. The van der Waals surface area contributed by atoms with Crippen molar-refractivity contribution < 1.29 is 18.7 Å². The summed E-state index contributed by atoms with van der Waals surface area (Å²) < 4.78 is 20.2. The van der Waals surface area contributed by atoms with Crippen LogP contribution in [0.3, 0.4) is 0 Å². The summed E-state index contributed by atoms with van der Waals surface area (Å²) >= 11 is 1.54. The van der Waals surface area contributed by atoms with Gasteiger partial charge in [-0.05, 0) is 59.8 Å². The van der Waals surface area contributed by atoms with Gasteiger partial charge in [-0.2, -0.15) is 5.10 Å². The second-order valence-electron chi connectivity index (χ2n) is 8.87. The lowest BCUT2D eigenvalue weighted by atomic mass is 9.94. The Labute approximate surface area is 212 Å². The van der Waals surface area contributed by atoms with E-state index >= 15 is 0 Å². The van der Waals surface area contributed by atoms with E-state index in [0.29, 0.717) is 17.1 Å². The van der Waals surface area contributed by atoms with Crippen molar-refractivity contribution in [1.29, 1.82) is 0 Å². The van der Waals surface area contributed by atoms with Gasteiger partial charge in [0.05, 0.1) is 18.5 Å². The Balaban J connectivity index is 1.47. The zero-order chi connectivity index (χ0) is 25.3. The van der Waals surface area contributed by atoms with Gasteiger partial charge in [0, 0.05) is 13.1 Å². The third-order valence-corrected chi connectivity index (χ3v) is 7.32. The third kappa shape index (κ3) is 4.49. The zero-order valence-electron chi connectivity index (χ0n) is 19.9. The number of amides is 2. The first-order valence-electron chi connectivity index (χ1n) is 11.5. The average molecular weight is 505 g/mol. The molecule has 0 fully saturated rings. The molecular weight excluding hydrogens is 479 g/mol. The Hall–Kier alpha value is -3.98. The summed E-state index contributed by atoms with van der Waals surface area (Å²) in [4.78, 5) is 29.9. The molecular formula is C27H25FN4O3S. The molecule has 4 aromatic rings. The Bertz CT molecular complexity index is 1380. The molecule has 1 aliphatic heterocycles. The highest BCUT2D eigenvalue weighted by molar-refractivity contribution is 7.13. The molecule has 2 amide bonds. The van der Waals surface area contributed by atoms with Gasteiger partial charge >= 0.3 is 0 Å². The molecule has 0 unspecified atom stereocenters. The van der Waals surface area contributed by atoms with Crippen LogP contribution in [0.25, 0.3) is 10.6 Å². The van der Waals surface area contributed by atoms with E-state index in [1.165, 1.54) is 12.1 Å². The molecule has 36 heavy (non-hydrogen) atoms. The van der Waals surface area contributed by atoms with Crippen LogP contribution in [-0.2, 0) is 24.4 Å². The van der Waals surface area contributed by atoms with Gasteiger partial charge in [-0.3, -0.25) is 14.3 Å². The van der Waals surface area contributed by atoms with Gasteiger partial charge in [-0.15, -0.1) is 11.3 Å². The third-order valence-electron chi connectivity index (χ3n) is 6.43. The maximum atomic E-state index is 13.8. The smallest absolute Gasteiger partial charge is 0.273 e. The van der Waals surface area contributed by atoms with E-state index in [2.05, 4.69) is 10.4 Å². The number of methoxy groups -OCH3 is 1. The quantitative estimate of drug-likeness (QED) is 0.402. The number of hydrogen-bond donors (Lipinski definition) is 1. The number of halogens is 1. The first-order chi connectivity index (χ1) is 17.4. The molecule has 9 heteroatoms. The summed E-state index contributed by atoms with van der Waals surface area (Å²) in [5, 5.41) is 9.55. The Kier molecular flexibility index (Phi) is 6.32. The highest BCUT2D eigenvalue weighted by Gasteiger charge is 2.48. The molecule has 1 atom stereocenters. The SMILES string of the molecule is COc1ccc(CN2C(=O)c3cc(-c4cccs4)nn3C[C@]2(C)C(=O)NCc2ccc(F)cc2)cc1. The molecule has 184 valence electrons.